The molecule has 0 spiro atoms. The molecule has 0 saturated heterocycles. The summed E-state index contributed by atoms with van der Waals surface area (Å²) in [6.45, 7) is 5.12. The van der Waals surface area contributed by atoms with Gasteiger partial charge in [0, 0.05) is 19.7 Å². The summed E-state index contributed by atoms with van der Waals surface area (Å²) in [4.78, 5) is 0. The molecule has 1 aliphatic carbocycles. The van der Waals surface area contributed by atoms with Crippen LogP contribution in [0.3, 0.4) is 0 Å². The molecule has 0 aromatic heterocycles. The van der Waals surface area contributed by atoms with Gasteiger partial charge in [-0.25, -0.2) is 0 Å². The van der Waals surface area contributed by atoms with Gasteiger partial charge in [-0.15, -0.1) is 0 Å². The molecule has 0 aromatic carbocycles. The third-order valence-electron chi connectivity index (χ3n) is 2.83. The Balaban J connectivity index is 1.83. The van der Waals surface area contributed by atoms with E-state index in [0.717, 1.165) is 13.2 Å². The molecule has 0 amide bonds. The van der Waals surface area contributed by atoms with E-state index in [1.807, 2.05) is 6.92 Å². The molecule has 2 N–H and O–H groups in total. The maximum absolute atomic E-state index is 9.46. The van der Waals surface area contributed by atoms with Crippen molar-refractivity contribution in [1.29, 1.82) is 0 Å². The van der Waals surface area contributed by atoms with Crippen molar-refractivity contribution in [2.45, 2.75) is 44.8 Å². The standard InChI is InChI=1S/C12H25NO3/c1-2-15-10-11(14)9-13-7-8-16-12-5-3-4-6-12/h11-14H,2-10H2,1H3. The molecule has 0 bridgehead atoms. The molecule has 0 aromatic rings. The van der Waals surface area contributed by atoms with Crippen LogP contribution in [0.4, 0.5) is 0 Å². The summed E-state index contributed by atoms with van der Waals surface area (Å²) < 4.78 is 10.8. The minimum Gasteiger partial charge on any atom is -0.389 e. The lowest BCUT2D eigenvalue weighted by atomic mass is 10.3. The van der Waals surface area contributed by atoms with E-state index in [-0.39, 0.29) is 0 Å². The summed E-state index contributed by atoms with van der Waals surface area (Å²) in [5.74, 6) is 0. The fourth-order valence-corrected chi connectivity index (χ4v) is 1.93. The van der Waals surface area contributed by atoms with Gasteiger partial charge in [0.25, 0.3) is 0 Å². The summed E-state index contributed by atoms with van der Waals surface area (Å²) in [5, 5.41) is 12.6. The van der Waals surface area contributed by atoms with E-state index in [0.29, 0.717) is 25.9 Å². The zero-order chi connectivity index (χ0) is 11.6. The number of rotatable bonds is 9. The van der Waals surface area contributed by atoms with Gasteiger partial charge in [0.05, 0.1) is 25.4 Å². The lowest BCUT2D eigenvalue weighted by Gasteiger charge is -2.13. The van der Waals surface area contributed by atoms with Crippen molar-refractivity contribution in [2.75, 3.05) is 32.9 Å². The topological polar surface area (TPSA) is 50.7 Å². The van der Waals surface area contributed by atoms with Crippen LogP contribution in [0, 0.1) is 0 Å². The number of hydrogen-bond acceptors (Lipinski definition) is 4. The predicted molar refractivity (Wildman–Crippen MR) is 63.6 cm³/mol. The van der Waals surface area contributed by atoms with Crippen molar-refractivity contribution in [2.24, 2.45) is 0 Å². The minimum atomic E-state index is -0.411. The maximum atomic E-state index is 9.46. The van der Waals surface area contributed by atoms with Crippen LogP contribution in [0.15, 0.2) is 0 Å². The zero-order valence-corrected chi connectivity index (χ0v) is 10.3. The molecule has 0 heterocycles. The van der Waals surface area contributed by atoms with Gasteiger partial charge in [0.15, 0.2) is 0 Å². The highest BCUT2D eigenvalue weighted by Crippen LogP contribution is 2.20. The van der Waals surface area contributed by atoms with Crippen molar-refractivity contribution >= 4 is 0 Å². The number of hydrogen-bond donors (Lipinski definition) is 2. The fourth-order valence-electron chi connectivity index (χ4n) is 1.93. The Bertz CT molecular complexity index is 160. The van der Waals surface area contributed by atoms with Crippen molar-refractivity contribution in [3.63, 3.8) is 0 Å². The van der Waals surface area contributed by atoms with Crippen molar-refractivity contribution in [3.8, 4) is 0 Å². The van der Waals surface area contributed by atoms with Crippen LogP contribution in [0.5, 0.6) is 0 Å². The van der Waals surface area contributed by atoms with E-state index < -0.39 is 6.10 Å². The van der Waals surface area contributed by atoms with Gasteiger partial charge in [-0.05, 0) is 19.8 Å². The zero-order valence-electron chi connectivity index (χ0n) is 10.3. The summed E-state index contributed by atoms with van der Waals surface area (Å²) in [6.07, 6.45) is 5.12. The van der Waals surface area contributed by atoms with E-state index in [1.165, 1.54) is 25.7 Å². The molecule has 1 unspecified atom stereocenters. The quantitative estimate of drug-likeness (QED) is 0.580. The first-order valence-electron chi connectivity index (χ1n) is 6.41. The Morgan fingerprint density at radius 2 is 2.12 bits per heavy atom. The second-order valence-corrected chi connectivity index (χ2v) is 4.29. The van der Waals surface area contributed by atoms with Gasteiger partial charge < -0.3 is 19.9 Å². The summed E-state index contributed by atoms with van der Waals surface area (Å²) >= 11 is 0. The van der Waals surface area contributed by atoms with Crippen LogP contribution in [-0.4, -0.2) is 50.2 Å². The smallest absolute Gasteiger partial charge is 0.0897 e. The van der Waals surface area contributed by atoms with Crippen LogP contribution < -0.4 is 5.32 Å². The highest BCUT2D eigenvalue weighted by Gasteiger charge is 2.14. The highest BCUT2D eigenvalue weighted by molar-refractivity contribution is 4.67. The summed E-state index contributed by atoms with van der Waals surface area (Å²) in [5.41, 5.74) is 0. The molecule has 4 heteroatoms. The molecule has 0 aliphatic heterocycles. The molecule has 16 heavy (non-hydrogen) atoms. The number of aliphatic hydroxyl groups is 1. The van der Waals surface area contributed by atoms with Gasteiger partial charge in [-0.2, -0.15) is 0 Å². The van der Waals surface area contributed by atoms with Crippen LogP contribution in [0.2, 0.25) is 0 Å². The molecule has 1 fully saturated rings. The van der Waals surface area contributed by atoms with Gasteiger partial charge in [-0.3, -0.25) is 0 Å². The van der Waals surface area contributed by atoms with E-state index in [1.54, 1.807) is 0 Å². The van der Waals surface area contributed by atoms with Gasteiger partial charge in [-0.1, -0.05) is 12.8 Å². The van der Waals surface area contributed by atoms with E-state index in [4.69, 9.17) is 9.47 Å². The molecule has 4 nitrogen and oxygen atoms in total. The monoisotopic (exact) mass is 231 g/mol. The number of nitrogens with one attached hydrogen (secondary N) is 1. The van der Waals surface area contributed by atoms with Crippen molar-refractivity contribution in [1.82, 2.24) is 5.32 Å². The van der Waals surface area contributed by atoms with Crippen molar-refractivity contribution in [3.05, 3.63) is 0 Å². The Kier molecular flexibility index (Phi) is 7.76. The van der Waals surface area contributed by atoms with Crippen LogP contribution in [0.1, 0.15) is 32.6 Å². The van der Waals surface area contributed by atoms with E-state index in [9.17, 15) is 5.11 Å². The van der Waals surface area contributed by atoms with Crippen LogP contribution in [-0.2, 0) is 9.47 Å². The Labute approximate surface area is 98.3 Å². The maximum Gasteiger partial charge on any atom is 0.0897 e. The Morgan fingerprint density at radius 1 is 1.38 bits per heavy atom. The third-order valence-corrected chi connectivity index (χ3v) is 2.83. The van der Waals surface area contributed by atoms with Crippen LogP contribution in [0.25, 0.3) is 0 Å². The van der Waals surface area contributed by atoms with Gasteiger partial charge in [0.2, 0.25) is 0 Å². The predicted octanol–water partition coefficient (Wildman–Crippen LogP) is 0.933. The molecular formula is C12H25NO3. The number of ether oxygens (including phenoxy) is 2. The fraction of sp³-hybridized carbons (Fsp3) is 1.00. The van der Waals surface area contributed by atoms with Crippen LogP contribution >= 0.6 is 0 Å². The normalized spacial score (nSPS) is 19.1. The van der Waals surface area contributed by atoms with Gasteiger partial charge >= 0.3 is 0 Å². The second kappa shape index (κ2) is 8.93. The Morgan fingerprint density at radius 3 is 2.81 bits per heavy atom. The number of aliphatic hydroxyl groups excluding tert-OH is 1. The SMILES string of the molecule is CCOCC(O)CNCCOC1CCCC1. The average molecular weight is 231 g/mol. The largest absolute Gasteiger partial charge is 0.389 e. The molecular weight excluding hydrogens is 206 g/mol. The molecule has 96 valence electrons. The Hall–Kier alpha value is -0.160. The first-order chi connectivity index (χ1) is 7.83. The lowest BCUT2D eigenvalue weighted by molar-refractivity contribution is 0.0367. The third kappa shape index (κ3) is 6.43. The molecule has 0 radical (unpaired) electrons. The first-order valence-corrected chi connectivity index (χ1v) is 6.41. The summed E-state index contributed by atoms with van der Waals surface area (Å²) in [6, 6.07) is 0. The van der Waals surface area contributed by atoms with Crippen molar-refractivity contribution < 1.29 is 14.6 Å². The average Bonchev–Trinajstić information content (AvgIpc) is 2.79. The van der Waals surface area contributed by atoms with Gasteiger partial charge in [0.1, 0.15) is 0 Å². The lowest BCUT2D eigenvalue weighted by Crippen LogP contribution is -2.33. The molecule has 1 atom stereocenters. The van der Waals surface area contributed by atoms with E-state index >= 15 is 0 Å². The minimum absolute atomic E-state index is 0.410. The second-order valence-electron chi connectivity index (χ2n) is 4.29. The summed E-state index contributed by atoms with van der Waals surface area (Å²) in [7, 11) is 0. The highest BCUT2D eigenvalue weighted by atomic mass is 16.5. The first kappa shape index (κ1) is 13.9. The van der Waals surface area contributed by atoms with E-state index in [2.05, 4.69) is 5.32 Å². The molecule has 1 saturated carbocycles. The molecule has 1 rings (SSSR count). The molecule has 1 aliphatic rings.